The van der Waals surface area contributed by atoms with E-state index in [4.69, 9.17) is 11.6 Å². The standard InChI is InChI=1S/C14H20BrClFN/c1-5-18-11(8-14(2,3)4)9-6-7-10(15)12(16)13(9)17/h6-7,11,18H,5,8H2,1-4H3. The third-order valence-electron chi connectivity index (χ3n) is 2.71. The summed E-state index contributed by atoms with van der Waals surface area (Å²) in [6.07, 6.45) is 0.857. The summed E-state index contributed by atoms with van der Waals surface area (Å²) in [5, 5.41) is 3.49. The van der Waals surface area contributed by atoms with E-state index in [-0.39, 0.29) is 22.3 Å². The van der Waals surface area contributed by atoms with Gasteiger partial charge in [-0.2, -0.15) is 0 Å². The molecule has 0 aliphatic rings. The average molecular weight is 337 g/mol. The van der Waals surface area contributed by atoms with Crippen molar-refractivity contribution in [2.45, 2.75) is 40.2 Å². The van der Waals surface area contributed by atoms with Gasteiger partial charge in [-0.3, -0.25) is 0 Å². The predicted molar refractivity (Wildman–Crippen MR) is 79.6 cm³/mol. The SMILES string of the molecule is CCNC(CC(C)(C)C)c1ccc(Br)c(Cl)c1F. The fourth-order valence-electron chi connectivity index (χ4n) is 1.96. The Labute approximate surface area is 122 Å². The maximum Gasteiger partial charge on any atom is 0.147 e. The number of hydrogen-bond donors (Lipinski definition) is 1. The largest absolute Gasteiger partial charge is 0.310 e. The number of benzene rings is 1. The van der Waals surface area contributed by atoms with E-state index >= 15 is 0 Å². The van der Waals surface area contributed by atoms with Gasteiger partial charge >= 0.3 is 0 Å². The molecule has 0 saturated heterocycles. The summed E-state index contributed by atoms with van der Waals surface area (Å²) in [5.41, 5.74) is 0.763. The zero-order chi connectivity index (χ0) is 13.9. The second kappa shape index (κ2) is 6.36. The Bertz CT molecular complexity index is 415. The van der Waals surface area contributed by atoms with Gasteiger partial charge in [-0.15, -0.1) is 0 Å². The van der Waals surface area contributed by atoms with E-state index in [1.165, 1.54) is 0 Å². The number of halogens is 3. The van der Waals surface area contributed by atoms with Gasteiger partial charge in [-0.1, -0.05) is 45.4 Å². The first-order chi connectivity index (χ1) is 8.26. The van der Waals surface area contributed by atoms with Crippen LogP contribution in [0.2, 0.25) is 5.02 Å². The molecule has 1 aromatic rings. The van der Waals surface area contributed by atoms with E-state index in [9.17, 15) is 4.39 Å². The quantitative estimate of drug-likeness (QED) is 0.733. The normalized spacial score (nSPS) is 13.7. The first kappa shape index (κ1) is 15.9. The zero-order valence-electron chi connectivity index (χ0n) is 11.3. The van der Waals surface area contributed by atoms with Crippen LogP contribution in [0.4, 0.5) is 4.39 Å². The lowest BCUT2D eigenvalue weighted by molar-refractivity contribution is 0.309. The first-order valence-electron chi connectivity index (χ1n) is 6.13. The molecule has 0 spiro atoms. The monoisotopic (exact) mass is 335 g/mol. The van der Waals surface area contributed by atoms with Crippen molar-refractivity contribution < 1.29 is 4.39 Å². The Balaban J connectivity index is 3.10. The highest BCUT2D eigenvalue weighted by Gasteiger charge is 2.23. The van der Waals surface area contributed by atoms with Crippen molar-refractivity contribution in [2.24, 2.45) is 5.41 Å². The smallest absolute Gasteiger partial charge is 0.147 e. The van der Waals surface area contributed by atoms with Crippen LogP contribution < -0.4 is 5.32 Å². The van der Waals surface area contributed by atoms with E-state index < -0.39 is 0 Å². The van der Waals surface area contributed by atoms with Crippen LogP contribution in [0.3, 0.4) is 0 Å². The van der Waals surface area contributed by atoms with Gasteiger partial charge in [0.15, 0.2) is 0 Å². The minimum absolute atomic E-state index is 0.0133. The molecule has 0 aliphatic carbocycles. The van der Waals surface area contributed by atoms with Crippen LogP contribution in [-0.4, -0.2) is 6.54 Å². The first-order valence-corrected chi connectivity index (χ1v) is 7.30. The minimum Gasteiger partial charge on any atom is -0.310 e. The lowest BCUT2D eigenvalue weighted by atomic mass is 9.85. The minimum atomic E-state index is -0.332. The molecule has 0 fully saturated rings. The lowest BCUT2D eigenvalue weighted by Gasteiger charge is -2.27. The van der Waals surface area contributed by atoms with Gasteiger partial charge in [0.05, 0.1) is 5.02 Å². The van der Waals surface area contributed by atoms with Crippen molar-refractivity contribution in [3.8, 4) is 0 Å². The topological polar surface area (TPSA) is 12.0 Å². The second-order valence-electron chi connectivity index (χ2n) is 5.64. The third kappa shape index (κ3) is 4.22. The summed E-state index contributed by atoms with van der Waals surface area (Å²) in [4.78, 5) is 0. The molecule has 102 valence electrons. The van der Waals surface area contributed by atoms with Crippen LogP contribution in [0, 0.1) is 11.2 Å². The van der Waals surface area contributed by atoms with Crippen LogP contribution >= 0.6 is 27.5 Å². The van der Waals surface area contributed by atoms with Crippen LogP contribution in [0.15, 0.2) is 16.6 Å². The Hall–Kier alpha value is -0.120. The maximum absolute atomic E-state index is 14.2. The molecule has 0 radical (unpaired) electrons. The van der Waals surface area contributed by atoms with Crippen molar-refractivity contribution in [3.63, 3.8) is 0 Å². The van der Waals surface area contributed by atoms with Gasteiger partial charge in [0, 0.05) is 16.1 Å². The molecule has 0 saturated carbocycles. The van der Waals surface area contributed by atoms with E-state index in [0.717, 1.165) is 13.0 Å². The maximum atomic E-state index is 14.2. The number of rotatable bonds is 4. The molecule has 4 heteroatoms. The molecule has 1 nitrogen and oxygen atoms in total. The Morgan fingerprint density at radius 1 is 1.39 bits per heavy atom. The number of hydrogen-bond acceptors (Lipinski definition) is 1. The Morgan fingerprint density at radius 2 is 2.00 bits per heavy atom. The lowest BCUT2D eigenvalue weighted by Crippen LogP contribution is -2.26. The second-order valence-corrected chi connectivity index (χ2v) is 6.87. The average Bonchev–Trinajstić information content (AvgIpc) is 2.24. The molecule has 1 rings (SSSR count). The summed E-state index contributed by atoms with van der Waals surface area (Å²) in [7, 11) is 0. The van der Waals surface area contributed by atoms with Gasteiger partial charge in [0.1, 0.15) is 5.82 Å². The van der Waals surface area contributed by atoms with E-state index in [1.54, 1.807) is 12.1 Å². The van der Waals surface area contributed by atoms with Gasteiger partial charge < -0.3 is 5.32 Å². The fourth-order valence-corrected chi connectivity index (χ4v) is 2.44. The zero-order valence-corrected chi connectivity index (χ0v) is 13.6. The van der Waals surface area contributed by atoms with Gasteiger partial charge in [0.2, 0.25) is 0 Å². The summed E-state index contributed by atoms with van der Waals surface area (Å²) in [5.74, 6) is -0.332. The Kier molecular flexibility index (Phi) is 5.63. The van der Waals surface area contributed by atoms with Gasteiger partial charge in [-0.05, 0) is 40.4 Å². The van der Waals surface area contributed by atoms with Gasteiger partial charge in [0.25, 0.3) is 0 Å². The molecule has 0 amide bonds. The summed E-state index contributed by atoms with van der Waals surface area (Å²) >= 11 is 9.19. The number of nitrogens with one attached hydrogen (secondary N) is 1. The summed E-state index contributed by atoms with van der Waals surface area (Å²) in [6, 6.07) is 3.58. The molecule has 0 bridgehead atoms. The molecular weight excluding hydrogens is 317 g/mol. The molecular formula is C14H20BrClFN. The van der Waals surface area contributed by atoms with Crippen molar-refractivity contribution in [3.05, 3.63) is 33.0 Å². The highest BCUT2D eigenvalue weighted by molar-refractivity contribution is 9.10. The molecule has 0 aromatic heterocycles. The predicted octanol–water partition coefficient (Wildman–Crippen LogP) is 5.33. The van der Waals surface area contributed by atoms with E-state index in [2.05, 4.69) is 42.0 Å². The molecule has 1 N–H and O–H groups in total. The van der Waals surface area contributed by atoms with E-state index in [0.29, 0.717) is 10.0 Å². The Morgan fingerprint density at radius 3 is 2.50 bits per heavy atom. The molecule has 0 heterocycles. The fraction of sp³-hybridized carbons (Fsp3) is 0.571. The van der Waals surface area contributed by atoms with E-state index in [1.807, 2.05) is 6.92 Å². The van der Waals surface area contributed by atoms with Crippen LogP contribution in [0.25, 0.3) is 0 Å². The summed E-state index contributed by atoms with van der Waals surface area (Å²) < 4.78 is 14.8. The van der Waals surface area contributed by atoms with Crippen molar-refractivity contribution in [2.75, 3.05) is 6.54 Å². The molecule has 0 aliphatic heterocycles. The van der Waals surface area contributed by atoms with Crippen LogP contribution in [0.1, 0.15) is 45.7 Å². The van der Waals surface area contributed by atoms with Crippen molar-refractivity contribution in [1.29, 1.82) is 0 Å². The highest BCUT2D eigenvalue weighted by atomic mass is 79.9. The molecule has 18 heavy (non-hydrogen) atoms. The van der Waals surface area contributed by atoms with Crippen molar-refractivity contribution >= 4 is 27.5 Å². The molecule has 1 unspecified atom stereocenters. The third-order valence-corrected chi connectivity index (χ3v) is 3.97. The molecule has 1 atom stereocenters. The van der Waals surface area contributed by atoms with Gasteiger partial charge in [-0.25, -0.2) is 4.39 Å². The van der Waals surface area contributed by atoms with Crippen LogP contribution in [0.5, 0.6) is 0 Å². The van der Waals surface area contributed by atoms with Crippen LogP contribution in [-0.2, 0) is 0 Å². The highest BCUT2D eigenvalue weighted by Crippen LogP contribution is 2.35. The molecule has 1 aromatic carbocycles. The summed E-state index contributed by atoms with van der Waals surface area (Å²) in [6.45, 7) is 9.27. The van der Waals surface area contributed by atoms with Crippen molar-refractivity contribution in [1.82, 2.24) is 5.32 Å².